The predicted octanol–water partition coefficient (Wildman–Crippen LogP) is 1.95. The Kier molecular flexibility index (Phi) is 5.87. The minimum Gasteiger partial charge on any atom is -0.352 e. The summed E-state index contributed by atoms with van der Waals surface area (Å²) in [5.74, 6) is -2.39. The number of pyridine rings is 1. The molecule has 1 aromatic heterocycles. The van der Waals surface area contributed by atoms with Gasteiger partial charge in [0.25, 0.3) is 17.4 Å². The van der Waals surface area contributed by atoms with Gasteiger partial charge in [0.1, 0.15) is 17.2 Å². The second-order valence-electron chi connectivity index (χ2n) is 6.91. The van der Waals surface area contributed by atoms with E-state index in [1.807, 2.05) is 0 Å². The minimum atomic E-state index is -0.901. The van der Waals surface area contributed by atoms with E-state index in [0.717, 1.165) is 12.1 Å². The number of hydrogen-bond acceptors (Lipinski definition) is 3. The molecule has 1 aliphatic heterocycles. The van der Waals surface area contributed by atoms with Crippen LogP contribution in [-0.4, -0.2) is 40.9 Å². The van der Waals surface area contributed by atoms with Gasteiger partial charge >= 0.3 is 0 Å². The van der Waals surface area contributed by atoms with E-state index in [1.165, 1.54) is 10.6 Å². The monoisotopic (exact) mass is 389 g/mol. The third-order valence-electron chi connectivity index (χ3n) is 4.98. The van der Waals surface area contributed by atoms with Gasteiger partial charge in [0, 0.05) is 38.9 Å². The summed E-state index contributed by atoms with van der Waals surface area (Å²) in [6, 6.07) is 6.00. The molecule has 1 N–H and O–H groups in total. The first-order chi connectivity index (χ1) is 13.4. The molecule has 0 unspecified atom stereocenters. The van der Waals surface area contributed by atoms with Crippen molar-refractivity contribution in [2.75, 3.05) is 19.6 Å². The number of benzene rings is 1. The summed E-state index contributed by atoms with van der Waals surface area (Å²) in [6.07, 6.45) is 2.91. The molecular formula is C20H21F2N3O3. The lowest BCUT2D eigenvalue weighted by Gasteiger charge is -2.32. The Labute approximate surface area is 160 Å². The Morgan fingerprint density at radius 2 is 1.86 bits per heavy atom. The summed E-state index contributed by atoms with van der Waals surface area (Å²) < 4.78 is 28.0. The van der Waals surface area contributed by atoms with Crippen LogP contribution in [0.1, 0.15) is 33.6 Å². The van der Waals surface area contributed by atoms with Gasteiger partial charge in [-0.1, -0.05) is 0 Å². The Morgan fingerprint density at radius 3 is 2.54 bits per heavy atom. The standard InChI is InChI=1S/C20H21F2N3O3/c1-24-8-2-3-16(19(24)27)20(28)25-9-6-13(7-10-25)12-23-18(26)15-5-4-14(21)11-17(15)22/h2-5,8,11,13H,6-7,9-10,12H2,1H3,(H,23,26). The molecule has 148 valence electrons. The van der Waals surface area contributed by atoms with E-state index < -0.39 is 17.5 Å². The van der Waals surface area contributed by atoms with Crippen molar-refractivity contribution in [3.05, 3.63) is 69.6 Å². The summed E-state index contributed by atoms with van der Waals surface area (Å²) in [6.45, 7) is 1.29. The lowest BCUT2D eigenvalue weighted by atomic mass is 9.96. The summed E-state index contributed by atoms with van der Waals surface area (Å²) in [5, 5.41) is 2.66. The highest BCUT2D eigenvalue weighted by atomic mass is 19.1. The summed E-state index contributed by atoms with van der Waals surface area (Å²) in [7, 11) is 1.60. The van der Waals surface area contributed by atoms with Gasteiger partial charge in [0.05, 0.1) is 5.56 Å². The summed E-state index contributed by atoms with van der Waals surface area (Å²) >= 11 is 0. The van der Waals surface area contributed by atoms with E-state index in [9.17, 15) is 23.2 Å². The van der Waals surface area contributed by atoms with E-state index >= 15 is 0 Å². The second kappa shape index (κ2) is 8.33. The molecule has 1 aromatic carbocycles. The molecule has 1 aliphatic rings. The number of halogens is 2. The number of aromatic nitrogens is 1. The number of amides is 2. The molecule has 8 heteroatoms. The number of carbonyl (C=O) groups excluding carboxylic acids is 2. The van der Waals surface area contributed by atoms with Gasteiger partial charge in [-0.2, -0.15) is 0 Å². The molecule has 2 amide bonds. The van der Waals surface area contributed by atoms with Crippen molar-refractivity contribution >= 4 is 11.8 Å². The van der Waals surface area contributed by atoms with Crippen LogP contribution in [0.2, 0.25) is 0 Å². The maximum Gasteiger partial charge on any atom is 0.263 e. The van der Waals surface area contributed by atoms with Crippen LogP contribution in [-0.2, 0) is 7.05 Å². The molecule has 6 nitrogen and oxygen atoms in total. The molecule has 0 radical (unpaired) electrons. The van der Waals surface area contributed by atoms with Gasteiger partial charge in [-0.15, -0.1) is 0 Å². The zero-order valence-corrected chi connectivity index (χ0v) is 15.5. The smallest absolute Gasteiger partial charge is 0.263 e. The average Bonchev–Trinajstić information content (AvgIpc) is 2.68. The number of aryl methyl sites for hydroxylation is 1. The molecule has 3 rings (SSSR count). The topological polar surface area (TPSA) is 71.4 Å². The van der Waals surface area contributed by atoms with E-state index in [1.54, 1.807) is 24.2 Å². The van der Waals surface area contributed by atoms with Gasteiger partial charge in [0.2, 0.25) is 0 Å². The normalized spacial score (nSPS) is 14.8. The van der Waals surface area contributed by atoms with Crippen molar-refractivity contribution in [3.8, 4) is 0 Å². The fourth-order valence-corrected chi connectivity index (χ4v) is 3.28. The molecule has 0 saturated carbocycles. The number of nitrogens with one attached hydrogen (secondary N) is 1. The fourth-order valence-electron chi connectivity index (χ4n) is 3.28. The van der Waals surface area contributed by atoms with Crippen molar-refractivity contribution < 1.29 is 18.4 Å². The lowest BCUT2D eigenvalue weighted by molar-refractivity contribution is 0.0681. The van der Waals surface area contributed by atoms with Crippen molar-refractivity contribution in [1.82, 2.24) is 14.8 Å². The highest BCUT2D eigenvalue weighted by Crippen LogP contribution is 2.18. The van der Waals surface area contributed by atoms with Gasteiger partial charge in [0.15, 0.2) is 0 Å². The van der Waals surface area contributed by atoms with Crippen molar-refractivity contribution in [1.29, 1.82) is 0 Å². The number of carbonyl (C=O) groups is 2. The van der Waals surface area contributed by atoms with Gasteiger partial charge in [-0.3, -0.25) is 14.4 Å². The second-order valence-corrected chi connectivity index (χ2v) is 6.91. The molecule has 28 heavy (non-hydrogen) atoms. The Hall–Kier alpha value is -3.03. The lowest BCUT2D eigenvalue weighted by Crippen LogP contribution is -2.43. The van der Waals surface area contributed by atoms with Crippen LogP contribution in [0.4, 0.5) is 8.78 Å². The van der Waals surface area contributed by atoms with Crippen LogP contribution in [0.3, 0.4) is 0 Å². The predicted molar refractivity (Wildman–Crippen MR) is 99.0 cm³/mol. The zero-order valence-electron chi connectivity index (χ0n) is 15.5. The number of rotatable bonds is 4. The first-order valence-electron chi connectivity index (χ1n) is 9.05. The molecule has 0 atom stereocenters. The minimum absolute atomic E-state index is 0.134. The van der Waals surface area contributed by atoms with Crippen LogP contribution in [0.15, 0.2) is 41.3 Å². The maximum atomic E-state index is 13.7. The van der Waals surface area contributed by atoms with Gasteiger partial charge in [-0.25, -0.2) is 8.78 Å². The number of likely N-dealkylation sites (tertiary alicyclic amines) is 1. The van der Waals surface area contributed by atoms with Crippen molar-refractivity contribution in [2.24, 2.45) is 13.0 Å². The molecule has 0 bridgehead atoms. The molecular weight excluding hydrogens is 368 g/mol. The maximum absolute atomic E-state index is 13.7. The molecule has 2 aromatic rings. The van der Waals surface area contributed by atoms with E-state index in [4.69, 9.17) is 0 Å². The van der Waals surface area contributed by atoms with Crippen LogP contribution in [0, 0.1) is 17.6 Å². The summed E-state index contributed by atoms with van der Waals surface area (Å²) in [5.41, 5.74) is -0.388. The zero-order chi connectivity index (χ0) is 20.3. The SMILES string of the molecule is Cn1cccc(C(=O)N2CCC(CNC(=O)c3ccc(F)cc3F)CC2)c1=O. The highest BCUT2D eigenvalue weighted by molar-refractivity contribution is 5.94. The first kappa shape index (κ1) is 19.7. The highest BCUT2D eigenvalue weighted by Gasteiger charge is 2.25. The van der Waals surface area contributed by atoms with Crippen LogP contribution in [0.5, 0.6) is 0 Å². The largest absolute Gasteiger partial charge is 0.352 e. The van der Waals surface area contributed by atoms with Crippen molar-refractivity contribution in [2.45, 2.75) is 12.8 Å². The van der Waals surface area contributed by atoms with E-state index in [0.29, 0.717) is 38.5 Å². The van der Waals surface area contributed by atoms with Gasteiger partial charge < -0.3 is 14.8 Å². The first-order valence-corrected chi connectivity index (χ1v) is 9.05. The molecule has 2 heterocycles. The Morgan fingerprint density at radius 1 is 1.14 bits per heavy atom. The molecule has 1 fully saturated rings. The molecule has 0 aliphatic carbocycles. The van der Waals surface area contributed by atoms with E-state index in [2.05, 4.69) is 5.32 Å². The van der Waals surface area contributed by atoms with Crippen LogP contribution in [0.25, 0.3) is 0 Å². The van der Waals surface area contributed by atoms with Crippen LogP contribution < -0.4 is 10.9 Å². The fraction of sp³-hybridized carbons (Fsp3) is 0.350. The Balaban J connectivity index is 1.53. The average molecular weight is 389 g/mol. The Bertz CT molecular complexity index is 950. The van der Waals surface area contributed by atoms with Gasteiger partial charge in [-0.05, 0) is 43.0 Å². The third kappa shape index (κ3) is 4.27. The number of hydrogen-bond donors (Lipinski definition) is 1. The van der Waals surface area contributed by atoms with Crippen molar-refractivity contribution in [3.63, 3.8) is 0 Å². The third-order valence-corrected chi connectivity index (χ3v) is 4.98. The summed E-state index contributed by atoms with van der Waals surface area (Å²) in [4.78, 5) is 38.4. The quantitative estimate of drug-likeness (QED) is 0.869. The molecule has 1 saturated heterocycles. The van der Waals surface area contributed by atoms with E-state index in [-0.39, 0.29) is 28.5 Å². The molecule has 0 spiro atoms. The van der Waals surface area contributed by atoms with Crippen LogP contribution >= 0.6 is 0 Å². The number of nitrogens with zero attached hydrogens (tertiary/aromatic N) is 2. The number of piperidine rings is 1.